The summed E-state index contributed by atoms with van der Waals surface area (Å²) in [5, 5.41) is 11.9. The van der Waals surface area contributed by atoms with Gasteiger partial charge in [0, 0.05) is 33.2 Å². The van der Waals surface area contributed by atoms with E-state index < -0.39 is 6.04 Å². The maximum absolute atomic E-state index is 13.3. The largest absolute Gasteiger partial charge is 0.493 e. The number of amides is 2. The Labute approximate surface area is 207 Å². The van der Waals surface area contributed by atoms with Crippen LogP contribution in [0.25, 0.3) is 0 Å². The second kappa shape index (κ2) is 12.8. The average Bonchev–Trinajstić information content (AvgIpc) is 3.36. The Morgan fingerprint density at radius 2 is 1.89 bits per heavy atom. The van der Waals surface area contributed by atoms with E-state index in [9.17, 15) is 14.9 Å². The minimum atomic E-state index is -0.622. The molecule has 1 N–H and O–H groups in total. The molecular formula is C25H36N6O4. The predicted molar refractivity (Wildman–Crippen MR) is 132 cm³/mol. The van der Waals surface area contributed by atoms with Gasteiger partial charge >= 0.3 is 0 Å². The molecule has 2 heterocycles. The first kappa shape index (κ1) is 26.1. The molecule has 2 aliphatic rings. The molecule has 2 saturated heterocycles. The number of ether oxygens (including phenoxy) is 2. The van der Waals surface area contributed by atoms with Gasteiger partial charge in [-0.3, -0.25) is 14.9 Å². The second-order valence-electron chi connectivity index (χ2n) is 8.91. The molecule has 0 radical (unpaired) electrons. The molecule has 0 aliphatic carbocycles. The Kier molecular flexibility index (Phi) is 9.58. The number of methoxy groups -OCH3 is 2. The standard InChI is InChI=1S/C25H36N6O4/c1-29(15-11-19-9-10-21(34-2)22(16-19)35-3)25(27-18-26)28-20-8-4-5-14-31(24(20)33)17-23(32)30-12-6-7-13-30/h9-10,16,20H,4-8,11-15,17H2,1-3H3,(H,27,28)/t20-/m0/s1. The van der Waals surface area contributed by atoms with Gasteiger partial charge in [0.15, 0.2) is 17.7 Å². The Balaban J connectivity index is 1.67. The average molecular weight is 485 g/mol. The monoisotopic (exact) mass is 484 g/mol. The van der Waals surface area contributed by atoms with Gasteiger partial charge in [0.1, 0.15) is 6.04 Å². The molecule has 1 aromatic rings. The summed E-state index contributed by atoms with van der Waals surface area (Å²) in [6.45, 7) is 2.76. The molecular weight excluding hydrogens is 448 g/mol. The van der Waals surface area contributed by atoms with Crippen LogP contribution in [0, 0.1) is 11.5 Å². The summed E-state index contributed by atoms with van der Waals surface area (Å²) in [4.78, 5) is 35.8. The highest BCUT2D eigenvalue weighted by Gasteiger charge is 2.30. The van der Waals surface area contributed by atoms with E-state index in [1.807, 2.05) is 41.2 Å². The van der Waals surface area contributed by atoms with Crippen molar-refractivity contribution in [1.29, 1.82) is 5.26 Å². The van der Waals surface area contributed by atoms with Crippen LogP contribution in [-0.2, 0) is 16.0 Å². The highest BCUT2D eigenvalue weighted by atomic mass is 16.5. The van der Waals surface area contributed by atoms with Crippen molar-refractivity contribution in [2.75, 3.05) is 54.0 Å². The Bertz CT molecular complexity index is 954. The highest BCUT2D eigenvalue weighted by Crippen LogP contribution is 2.27. The fraction of sp³-hybridized carbons (Fsp3) is 0.600. The number of hydrogen-bond acceptors (Lipinski definition) is 6. The quantitative estimate of drug-likeness (QED) is 0.258. The Hall–Kier alpha value is -3.48. The molecule has 0 bridgehead atoms. The number of benzene rings is 1. The zero-order valence-electron chi connectivity index (χ0n) is 21.0. The third-order valence-electron chi connectivity index (χ3n) is 6.53. The summed E-state index contributed by atoms with van der Waals surface area (Å²) in [6, 6.07) is 5.13. The van der Waals surface area contributed by atoms with E-state index in [1.165, 1.54) is 0 Å². The molecule has 10 nitrogen and oxygen atoms in total. The molecule has 2 fully saturated rings. The van der Waals surface area contributed by atoms with Crippen LogP contribution in [0.5, 0.6) is 11.5 Å². The summed E-state index contributed by atoms with van der Waals surface area (Å²) in [5.41, 5.74) is 1.04. The van der Waals surface area contributed by atoms with E-state index in [1.54, 1.807) is 19.1 Å². The lowest BCUT2D eigenvalue weighted by Gasteiger charge is -2.26. The number of nitriles is 1. The number of nitrogens with zero attached hydrogens (tertiary/aromatic N) is 5. The van der Waals surface area contributed by atoms with Gasteiger partial charge in [-0.25, -0.2) is 4.99 Å². The first-order chi connectivity index (χ1) is 17.0. The van der Waals surface area contributed by atoms with Crippen molar-refractivity contribution < 1.29 is 19.1 Å². The second-order valence-corrected chi connectivity index (χ2v) is 8.91. The molecule has 3 rings (SSSR count). The van der Waals surface area contributed by atoms with E-state index in [4.69, 9.17) is 9.47 Å². The van der Waals surface area contributed by atoms with Crippen molar-refractivity contribution in [3.05, 3.63) is 23.8 Å². The highest BCUT2D eigenvalue weighted by molar-refractivity contribution is 5.90. The summed E-state index contributed by atoms with van der Waals surface area (Å²) in [5.74, 6) is 1.52. The van der Waals surface area contributed by atoms with Gasteiger partial charge in [0.25, 0.3) is 0 Å². The van der Waals surface area contributed by atoms with Crippen LogP contribution >= 0.6 is 0 Å². The maximum Gasteiger partial charge on any atom is 0.247 e. The number of likely N-dealkylation sites (tertiary alicyclic amines) is 2. The third-order valence-corrected chi connectivity index (χ3v) is 6.53. The van der Waals surface area contributed by atoms with Crippen molar-refractivity contribution in [3.63, 3.8) is 0 Å². The van der Waals surface area contributed by atoms with Crippen LogP contribution < -0.4 is 14.8 Å². The normalized spacial score (nSPS) is 18.6. The lowest BCUT2D eigenvalue weighted by Crippen LogP contribution is -2.46. The Morgan fingerprint density at radius 3 is 2.57 bits per heavy atom. The smallest absolute Gasteiger partial charge is 0.247 e. The van der Waals surface area contributed by atoms with E-state index in [0.29, 0.717) is 43.4 Å². The zero-order chi connectivity index (χ0) is 25.2. The number of hydrogen-bond donors (Lipinski definition) is 1. The third kappa shape index (κ3) is 7.01. The first-order valence-corrected chi connectivity index (χ1v) is 12.2. The molecule has 0 saturated carbocycles. The van der Waals surface area contributed by atoms with Crippen LogP contribution in [0.15, 0.2) is 23.2 Å². The van der Waals surface area contributed by atoms with Crippen molar-refractivity contribution in [1.82, 2.24) is 20.0 Å². The van der Waals surface area contributed by atoms with Gasteiger partial charge < -0.3 is 24.2 Å². The van der Waals surface area contributed by atoms with E-state index in [-0.39, 0.29) is 18.4 Å². The lowest BCUT2D eigenvalue weighted by molar-refractivity contribution is -0.140. The Morgan fingerprint density at radius 1 is 1.17 bits per heavy atom. The minimum Gasteiger partial charge on any atom is -0.493 e. The molecule has 0 unspecified atom stereocenters. The van der Waals surface area contributed by atoms with Crippen molar-refractivity contribution >= 4 is 17.8 Å². The van der Waals surface area contributed by atoms with E-state index >= 15 is 0 Å². The first-order valence-electron chi connectivity index (χ1n) is 12.2. The summed E-state index contributed by atoms with van der Waals surface area (Å²) < 4.78 is 10.7. The van der Waals surface area contributed by atoms with E-state index in [0.717, 1.165) is 44.3 Å². The number of likely N-dealkylation sites (N-methyl/N-ethyl adjacent to an activating group) is 1. The molecule has 0 spiro atoms. The van der Waals surface area contributed by atoms with Gasteiger partial charge in [-0.1, -0.05) is 6.07 Å². The van der Waals surface area contributed by atoms with Crippen LogP contribution in [-0.4, -0.2) is 92.5 Å². The van der Waals surface area contributed by atoms with Crippen molar-refractivity contribution in [3.8, 4) is 17.7 Å². The lowest BCUT2D eigenvalue weighted by atomic mass is 10.1. The van der Waals surface area contributed by atoms with Crippen molar-refractivity contribution in [2.24, 2.45) is 4.99 Å². The van der Waals surface area contributed by atoms with Crippen LogP contribution in [0.4, 0.5) is 0 Å². The van der Waals surface area contributed by atoms with Gasteiger partial charge in [-0.15, -0.1) is 0 Å². The van der Waals surface area contributed by atoms with Gasteiger partial charge in [-0.2, -0.15) is 5.26 Å². The van der Waals surface area contributed by atoms with Crippen LogP contribution in [0.2, 0.25) is 0 Å². The fourth-order valence-corrected chi connectivity index (χ4v) is 4.45. The predicted octanol–water partition coefficient (Wildman–Crippen LogP) is 1.61. The molecule has 10 heteroatoms. The molecule has 190 valence electrons. The number of aliphatic imine (C=N–C) groups is 1. The number of rotatable bonds is 8. The maximum atomic E-state index is 13.3. The topological polar surface area (TPSA) is 111 Å². The zero-order valence-corrected chi connectivity index (χ0v) is 21.0. The van der Waals surface area contributed by atoms with Crippen LogP contribution in [0.3, 0.4) is 0 Å². The summed E-state index contributed by atoms with van der Waals surface area (Å²) in [7, 11) is 5.03. The number of guanidine groups is 1. The van der Waals surface area contributed by atoms with Gasteiger partial charge in [-0.05, 0) is 56.2 Å². The molecule has 1 aromatic carbocycles. The SMILES string of the molecule is COc1ccc(CCN(C)C(=N[C@H]2CCCCN(CC(=O)N3CCCC3)C2=O)NC#N)cc1OC. The molecule has 0 aromatic heterocycles. The molecule has 1 atom stereocenters. The van der Waals surface area contributed by atoms with Gasteiger partial charge in [0.2, 0.25) is 17.8 Å². The van der Waals surface area contributed by atoms with Gasteiger partial charge in [0.05, 0.1) is 20.8 Å². The summed E-state index contributed by atoms with van der Waals surface area (Å²) >= 11 is 0. The summed E-state index contributed by atoms with van der Waals surface area (Å²) in [6.07, 6.45) is 6.92. The minimum absolute atomic E-state index is 0.00268. The fourth-order valence-electron chi connectivity index (χ4n) is 4.45. The van der Waals surface area contributed by atoms with E-state index in [2.05, 4.69) is 10.3 Å². The molecule has 2 aliphatic heterocycles. The number of carbonyl (C=O) groups is 2. The molecule has 2 amide bonds. The van der Waals surface area contributed by atoms with Crippen LogP contribution in [0.1, 0.15) is 37.7 Å². The number of nitrogens with one attached hydrogen (secondary N) is 1. The molecule has 35 heavy (non-hydrogen) atoms. The van der Waals surface area contributed by atoms with Crippen molar-refractivity contribution in [2.45, 2.75) is 44.6 Å². The number of carbonyl (C=O) groups excluding carboxylic acids is 2.